The van der Waals surface area contributed by atoms with Gasteiger partial charge in [0, 0.05) is 12.1 Å². The predicted molar refractivity (Wildman–Crippen MR) is 79.2 cm³/mol. The van der Waals surface area contributed by atoms with Crippen molar-refractivity contribution in [2.75, 3.05) is 23.7 Å². The number of carbonyl (C=O) groups is 1. The van der Waals surface area contributed by atoms with Crippen LogP contribution >= 0.6 is 0 Å². The van der Waals surface area contributed by atoms with Crippen LogP contribution < -0.4 is 16.0 Å². The molecule has 0 atom stereocenters. The van der Waals surface area contributed by atoms with E-state index in [1.165, 1.54) is 6.33 Å². The molecule has 1 aromatic rings. The van der Waals surface area contributed by atoms with Gasteiger partial charge in [0.05, 0.1) is 11.5 Å². The lowest BCUT2D eigenvalue weighted by Gasteiger charge is -2.20. The fraction of sp³-hybridized carbons (Fsp3) is 0.583. The van der Waals surface area contributed by atoms with Gasteiger partial charge in [0.2, 0.25) is 17.5 Å². The van der Waals surface area contributed by atoms with E-state index in [9.17, 15) is 14.9 Å². The zero-order valence-electron chi connectivity index (χ0n) is 12.6. The molecule has 0 aliphatic heterocycles. The number of carbonyl (C=O) groups excluding carboxylic acids is 1. The van der Waals surface area contributed by atoms with Gasteiger partial charge in [-0.2, -0.15) is 0 Å². The second-order valence-electron chi connectivity index (χ2n) is 5.36. The lowest BCUT2D eigenvalue weighted by Crippen LogP contribution is -2.43. The van der Waals surface area contributed by atoms with Gasteiger partial charge in [-0.05, 0) is 27.7 Å². The lowest BCUT2D eigenvalue weighted by molar-refractivity contribution is -0.383. The van der Waals surface area contributed by atoms with E-state index in [1.54, 1.807) is 6.92 Å². The molecule has 116 valence electrons. The Morgan fingerprint density at radius 1 is 1.29 bits per heavy atom. The van der Waals surface area contributed by atoms with Crippen LogP contribution in [0.2, 0.25) is 0 Å². The number of rotatable bonds is 6. The van der Waals surface area contributed by atoms with Crippen LogP contribution in [0.1, 0.15) is 27.7 Å². The largest absolute Gasteiger partial charge is 0.364 e. The van der Waals surface area contributed by atoms with Gasteiger partial charge in [0.15, 0.2) is 0 Å². The van der Waals surface area contributed by atoms with E-state index in [0.29, 0.717) is 6.54 Å². The van der Waals surface area contributed by atoms with Crippen molar-refractivity contribution < 1.29 is 9.72 Å². The van der Waals surface area contributed by atoms with E-state index in [2.05, 4.69) is 25.9 Å². The Hall–Kier alpha value is -2.45. The molecule has 1 rings (SSSR count). The molecule has 1 aromatic heterocycles. The molecule has 1 heterocycles. The van der Waals surface area contributed by atoms with Crippen LogP contribution in [-0.4, -0.2) is 39.4 Å². The molecule has 0 aliphatic rings. The van der Waals surface area contributed by atoms with Gasteiger partial charge in [-0.3, -0.25) is 14.9 Å². The van der Waals surface area contributed by atoms with Crippen molar-refractivity contribution in [3.8, 4) is 0 Å². The molecular weight excluding hydrogens is 276 g/mol. The summed E-state index contributed by atoms with van der Waals surface area (Å²) in [5, 5.41) is 19.3. The number of amides is 1. The Balaban J connectivity index is 2.86. The molecule has 0 unspecified atom stereocenters. The quantitative estimate of drug-likeness (QED) is 0.531. The minimum atomic E-state index is -0.581. The van der Waals surface area contributed by atoms with Gasteiger partial charge in [-0.15, -0.1) is 0 Å². The SMILES string of the molecule is CCNc1ncnc(NCC(=O)NC(C)(C)C)c1[N+](=O)[O-]. The molecule has 3 N–H and O–H groups in total. The predicted octanol–water partition coefficient (Wildman–Crippen LogP) is 1.14. The maximum absolute atomic E-state index is 11.7. The van der Waals surface area contributed by atoms with Crippen LogP contribution in [-0.2, 0) is 4.79 Å². The van der Waals surface area contributed by atoms with Crippen LogP contribution in [0.3, 0.4) is 0 Å². The van der Waals surface area contributed by atoms with E-state index in [0.717, 1.165) is 0 Å². The van der Waals surface area contributed by atoms with Crippen molar-refractivity contribution in [1.29, 1.82) is 0 Å². The van der Waals surface area contributed by atoms with Crippen LogP contribution in [0.5, 0.6) is 0 Å². The van der Waals surface area contributed by atoms with Gasteiger partial charge in [0.1, 0.15) is 6.33 Å². The summed E-state index contributed by atoms with van der Waals surface area (Å²) in [6.07, 6.45) is 1.20. The number of anilines is 2. The Morgan fingerprint density at radius 3 is 2.33 bits per heavy atom. The van der Waals surface area contributed by atoms with Crippen molar-refractivity contribution in [3.63, 3.8) is 0 Å². The number of hydrogen-bond donors (Lipinski definition) is 3. The minimum Gasteiger partial charge on any atom is -0.364 e. The van der Waals surface area contributed by atoms with Gasteiger partial charge in [-0.1, -0.05) is 0 Å². The second kappa shape index (κ2) is 6.82. The summed E-state index contributed by atoms with van der Waals surface area (Å²) in [5.74, 6) is -0.147. The lowest BCUT2D eigenvalue weighted by atomic mass is 10.1. The van der Waals surface area contributed by atoms with E-state index in [1.807, 2.05) is 20.8 Å². The standard InChI is InChI=1S/C12H20N6O3/c1-5-13-10-9(18(20)21)11(16-7-15-10)14-6-8(19)17-12(2,3)4/h7H,5-6H2,1-4H3,(H,17,19)(H2,13,14,15,16). The number of hydrogen-bond acceptors (Lipinski definition) is 7. The number of aromatic nitrogens is 2. The fourth-order valence-electron chi connectivity index (χ4n) is 1.60. The Bertz CT molecular complexity index is 526. The first-order valence-electron chi connectivity index (χ1n) is 6.52. The smallest absolute Gasteiger partial charge is 0.353 e. The highest BCUT2D eigenvalue weighted by Gasteiger charge is 2.23. The molecular formula is C12H20N6O3. The van der Waals surface area contributed by atoms with Crippen LogP contribution in [0.25, 0.3) is 0 Å². The van der Waals surface area contributed by atoms with Crippen LogP contribution in [0, 0.1) is 10.1 Å². The zero-order valence-corrected chi connectivity index (χ0v) is 12.6. The summed E-state index contributed by atoms with van der Waals surface area (Å²) in [5.41, 5.74) is -0.645. The summed E-state index contributed by atoms with van der Waals surface area (Å²) in [4.78, 5) is 29.9. The van der Waals surface area contributed by atoms with Gasteiger partial charge < -0.3 is 16.0 Å². The summed E-state index contributed by atoms with van der Waals surface area (Å²) in [6, 6.07) is 0. The maximum atomic E-state index is 11.7. The molecule has 0 saturated carbocycles. The molecule has 0 aliphatic carbocycles. The maximum Gasteiger partial charge on any atom is 0.353 e. The van der Waals surface area contributed by atoms with E-state index in [4.69, 9.17) is 0 Å². The molecule has 1 amide bonds. The van der Waals surface area contributed by atoms with E-state index < -0.39 is 4.92 Å². The van der Waals surface area contributed by atoms with Gasteiger partial charge in [0.25, 0.3) is 0 Å². The first kappa shape index (κ1) is 16.6. The molecule has 0 bridgehead atoms. The van der Waals surface area contributed by atoms with Crippen molar-refractivity contribution in [2.24, 2.45) is 0 Å². The summed E-state index contributed by atoms with van der Waals surface area (Å²) in [7, 11) is 0. The van der Waals surface area contributed by atoms with E-state index >= 15 is 0 Å². The molecule has 0 saturated heterocycles. The third-order valence-electron chi connectivity index (χ3n) is 2.28. The molecule has 0 aromatic carbocycles. The first-order chi connectivity index (χ1) is 9.74. The summed E-state index contributed by atoms with van der Waals surface area (Å²) >= 11 is 0. The van der Waals surface area contributed by atoms with Crippen molar-refractivity contribution >= 4 is 23.2 Å². The van der Waals surface area contributed by atoms with Crippen molar-refractivity contribution in [2.45, 2.75) is 33.2 Å². The Morgan fingerprint density at radius 2 is 1.86 bits per heavy atom. The zero-order chi connectivity index (χ0) is 16.0. The Kier molecular flexibility index (Phi) is 5.39. The first-order valence-corrected chi connectivity index (χ1v) is 6.52. The molecule has 0 radical (unpaired) electrons. The minimum absolute atomic E-state index is 0.00927. The third kappa shape index (κ3) is 5.21. The monoisotopic (exact) mass is 296 g/mol. The van der Waals surface area contributed by atoms with Gasteiger partial charge in [-0.25, -0.2) is 9.97 Å². The van der Waals surface area contributed by atoms with Crippen LogP contribution in [0.4, 0.5) is 17.3 Å². The van der Waals surface area contributed by atoms with Crippen molar-refractivity contribution in [3.05, 3.63) is 16.4 Å². The topological polar surface area (TPSA) is 122 Å². The Labute approximate surface area is 122 Å². The average molecular weight is 296 g/mol. The normalized spacial score (nSPS) is 10.9. The van der Waals surface area contributed by atoms with Gasteiger partial charge >= 0.3 is 5.69 Å². The third-order valence-corrected chi connectivity index (χ3v) is 2.28. The second-order valence-corrected chi connectivity index (χ2v) is 5.36. The highest BCUT2D eigenvalue weighted by molar-refractivity contribution is 5.82. The highest BCUT2D eigenvalue weighted by atomic mass is 16.6. The van der Waals surface area contributed by atoms with Crippen LogP contribution in [0.15, 0.2) is 6.33 Å². The number of nitro groups is 1. The van der Waals surface area contributed by atoms with Crippen molar-refractivity contribution in [1.82, 2.24) is 15.3 Å². The summed E-state index contributed by atoms with van der Waals surface area (Å²) < 4.78 is 0. The molecule has 21 heavy (non-hydrogen) atoms. The number of nitrogens with zero attached hydrogens (tertiary/aromatic N) is 3. The van der Waals surface area contributed by atoms with E-state index in [-0.39, 0.29) is 35.3 Å². The molecule has 9 heteroatoms. The fourth-order valence-corrected chi connectivity index (χ4v) is 1.60. The summed E-state index contributed by atoms with van der Waals surface area (Å²) in [6.45, 7) is 7.72. The average Bonchev–Trinajstić information content (AvgIpc) is 2.34. The molecule has 0 fully saturated rings. The molecule has 0 spiro atoms. The number of nitrogens with one attached hydrogen (secondary N) is 3. The molecule has 9 nitrogen and oxygen atoms in total. The highest BCUT2D eigenvalue weighted by Crippen LogP contribution is 2.28.